The molecule has 0 unspecified atom stereocenters. The zero-order valence-corrected chi connectivity index (χ0v) is 22.0. The predicted octanol–water partition coefficient (Wildman–Crippen LogP) is 7.68. The van der Waals surface area contributed by atoms with E-state index in [0.29, 0.717) is 18.3 Å². The van der Waals surface area contributed by atoms with Gasteiger partial charge in [-0.15, -0.1) is 0 Å². The van der Waals surface area contributed by atoms with Gasteiger partial charge < -0.3 is 9.64 Å². The van der Waals surface area contributed by atoms with Crippen LogP contribution in [0.2, 0.25) is 0 Å². The van der Waals surface area contributed by atoms with Crippen molar-refractivity contribution in [3.8, 4) is 0 Å². The second-order valence-electron chi connectivity index (χ2n) is 9.96. The van der Waals surface area contributed by atoms with Gasteiger partial charge in [0.1, 0.15) is 0 Å². The number of amides is 1. The summed E-state index contributed by atoms with van der Waals surface area (Å²) < 4.78 is 6.00. The number of carbonyl (C=O) groups excluding carboxylic acids is 1. The Bertz CT molecular complexity index is 1240. The molecule has 1 aliphatic heterocycles. The average molecular weight is 494 g/mol. The first-order chi connectivity index (χ1) is 18.0. The fourth-order valence-electron chi connectivity index (χ4n) is 4.96. The van der Waals surface area contributed by atoms with Crippen LogP contribution in [0.1, 0.15) is 55.7 Å². The van der Waals surface area contributed by atoms with Gasteiger partial charge in [0.05, 0.1) is 6.04 Å². The maximum atomic E-state index is 13.0. The van der Waals surface area contributed by atoms with Gasteiger partial charge in [-0.1, -0.05) is 66.8 Å². The van der Waals surface area contributed by atoms with Crippen molar-refractivity contribution in [1.82, 2.24) is 4.90 Å². The highest BCUT2D eigenvalue weighted by Gasteiger charge is 2.34. The van der Waals surface area contributed by atoms with Gasteiger partial charge in [-0.05, 0) is 81.7 Å². The van der Waals surface area contributed by atoms with Gasteiger partial charge in [-0.3, -0.25) is 9.69 Å². The van der Waals surface area contributed by atoms with Crippen molar-refractivity contribution in [3.05, 3.63) is 95.2 Å². The number of carbonyl (C=O) groups is 1. The van der Waals surface area contributed by atoms with Crippen LogP contribution in [-0.2, 0) is 9.53 Å². The van der Waals surface area contributed by atoms with Crippen LogP contribution in [0.5, 0.6) is 0 Å². The number of rotatable bonds is 6. The van der Waals surface area contributed by atoms with Crippen molar-refractivity contribution < 1.29 is 9.53 Å². The molecule has 1 saturated carbocycles. The molecule has 190 valence electrons. The molecule has 1 amide bonds. The van der Waals surface area contributed by atoms with E-state index in [1.165, 1.54) is 30.4 Å². The molecule has 2 aliphatic rings. The molecule has 5 nitrogen and oxygen atoms in total. The third kappa shape index (κ3) is 5.61. The maximum Gasteiger partial charge on any atom is 0.300 e. The van der Waals surface area contributed by atoms with Crippen molar-refractivity contribution in [2.45, 2.75) is 58.9 Å². The summed E-state index contributed by atoms with van der Waals surface area (Å²) in [6.07, 6.45) is 7.61. The van der Waals surface area contributed by atoms with Crippen LogP contribution in [0.25, 0.3) is 6.08 Å². The Morgan fingerprint density at radius 1 is 0.838 bits per heavy atom. The minimum atomic E-state index is -0.123. The van der Waals surface area contributed by atoms with E-state index in [9.17, 15) is 4.79 Å². The van der Waals surface area contributed by atoms with E-state index in [1.54, 1.807) is 4.90 Å². The summed E-state index contributed by atoms with van der Waals surface area (Å²) in [5.41, 5.74) is 6.60. The first kappa shape index (κ1) is 24.8. The smallest absolute Gasteiger partial charge is 0.300 e. The lowest BCUT2D eigenvalue weighted by Crippen LogP contribution is -2.30. The molecule has 0 spiro atoms. The molecule has 0 atom stereocenters. The van der Waals surface area contributed by atoms with Crippen LogP contribution in [-0.4, -0.2) is 29.4 Å². The first-order valence-corrected chi connectivity index (χ1v) is 13.3. The number of aliphatic imine (C=N–C) groups is 1. The lowest BCUT2D eigenvalue weighted by atomic mass is 9.96. The van der Waals surface area contributed by atoms with E-state index in [4.69, 9.17) is 9.73 Å². The number of hydrogen-bond donors (Lipinski definition) is 0. The van der Waals surface area contributed by atoms with Crippen molar-refractivity contribution in [2.24, 2.45) is 4.99 Å². The van der Waals surface area contributed by atoms with Gasteiger partial charge in [0.15, 0.2) is 5.76 Å². The Balaban J connectivity index is 1.41. The van der Waals surface area contributed by atoms with Crippen LogP contribution >= 0.6 is 0 Å². The van der Waals surface area contributed by atoms with Crippen LogP contribution < -0.4 is 4.90 Å². The zero-order valence-electron chi connectivity index (χ0n) is 22.0. The quantitative estimate of drug-likeness (QED) is 0.331. The highest BCUT2D eigenvalue weighted by atomic mass is 16.5. The van der Waals surface area contributed by atoms with Crippen LogP contribution in [0.3, 0.4) is 0 Å². The standard InChI is InChI=1S/C32H35N3O2/c1-4-34-31(36)30(37-32(34)33-26-8-6-5-7-9-26)22-25-14-20-29(21-15-25)35(27-16-10-23(2)11-17-27)28-18-12-24(3)13-19-28/h10-22,26H,4-9H2,1-3H3. The summed E-state index contributed by atoms with van der Waals surface area (Å²) in [5, 5.41) is 0. The summed E-state index contributed by atoms with van der Waals surface area (Å²) in [7, 11) is 0. The lowest BCUT2D eigenvalue weighted by Gasteiger charge is -2.25. The van der Waals surface area contributed by atoms with E-state index >= 15 is 0 Å². The van der Waals surface area contributed by atoms with Crippen LogP contribution in [0.4, 0.5) is 17.1 Å². The Labute approximate surface area is 220 Å². The lowest BCUT2D eigenvalue weighted by molar-refractivity contribution is -0.122. The molecule has 2 fully saturated rings. The third-order valence-corrected chi connectivity index (χ3v) is 7.11. The largest absolute Gasteiger partial charge is 0.420 e. The highest BCUT2D eigenvalue weighted by molar-refractivity contribution is 6.11. The molecular formula is C32H35N3O2. The molecule has 3 aromatic carbocycles. The van der Waals surface area contributed by atoms with Crippen molar-refractivity contribution >= 4 is 35.1 Å². The van der Waals surface area contributed by atoms with Crippen molar-refractivity contribution in [3.63, 3.8) is 0 Å². The molecule has 5 rings (SSSR count). The second-order valence-corrected chi connectivity index (χ2v) is 9.96. The Morgan fingerprint density at radius 3 is 1.86 bits per heavy atom. The number of nitrogens with zero attached hydrogens (tertiary/aromatic N) is 3. The normalized spacial score (nSPS) is 18.5. The van der Waals surface area contributed by atoms with Gasteiger partial charge in [-0.2, -0.15) is 0 Å². The Kier molecular flexibility index (Phi) is 7.40. The minimum absolute atomic E-state index is 0.123. The topological polar surface area (TPSA) is 45.1 Å². The highest BCUT2D eigenvalue weighted by Crippen LogP contribution is 2.35. The summed E-state index contributed by atoms with van der Waals surface area (Å²) >= 11 is 0. The number of anilines is 3. The summed E-state index contributed by atoms with van der Waals surface area (Å²) in [6.45, 7) is 6.70. The molecule has 0 bridgehead atoms. The number of hydrogen-bond acceptors (Lipinski definition) is 4. The maximum absolute atomic E-state index is 13.0. The van der Waals surface area contributed by atoms with Crippen LogP contribution in [0, 0.1) is 13.8 Å². The summed E-state index contributed by atoms with van der Waals surface area (Å²) in [4.78, 5) is 21.7. The van der Waals surface area contributed by atoms with E-state index in [-0.39, 0.29) is 11.9 Å². The van der Waals surface area contributed by atoms with Gasteiger partial charge >= 0.3 is 6.02 Å². The summed E-state index contributed by atoms with van der Waals surface area (Å²) in [5.74, 6) is 0.208. The molecule has 1 heterocycles. The predicted molar refractivity (Wildman–Crippen MR) is 151 cm³/mol. The summed E-state index contributed by atoms with van der Waals surface area (Å²) in [6, 6.07) is 26.0. The fourth-order valence-corrected chi connectivity index (χ4v) is 4.96. The third-order valence-electron chi connectivity index (χ3n) is 7.11. The molecule has 0 radical (unpaired) electrons. The number of likely N-dealkylation sites (N-methyl/N-ethyl adjacent to an activating group) is 1. The molecular weight excluding hydrogens is 458 g/mol. The number of aryl methyl sites for hydroxylation is 2. The number of ether oxygens (including phenoxy) is 1. The van der Waals surface area contributed by atoms with Gasteiger partial charge in [-0.25, -0.2) is 4.99 Å². The molecule has 0 N–H and O–H groups in total. The van der Waals surface area contributed by atoms with Gasteiger partial charge in [0.25, 0.3) is 5.91 Å². The number of amidine groups is 1. The van der Waals surface area contributed by atoms with E-state index in [0.717, 1.165) is 35.5 Å². The van der Waals surface area contributed by atoms with E-state index in [2.05, 4.69) is 79.4 Å². The Hall–Kier alpha value is -3.86. The minimum Gasteiger partial charge on any atom is -0.420 e. The van der Waals surface area contributed by atoms with Gasteiger partial charge in [0.2, 0.25) is 0 Å². The second kappa shape index (κ2) is 11.0. The van der Waals surface area contributed by atoms with E-state index in [1.807, 2.05) is 25.1 Å². The van der Waals surface area contributed by atoms with E-state index < -0.39 is 0 Å². The molecule has 1 saturated heterocycles. The molecule has 1 aliphatic carbocycles. The molecule has 3 aromatic rings. The SMILES string of the molecule is CCN1C(=O)C(=Cc2ccc(N(c3ccc(C)cc3)c3ccc(C)cc3)cc2)OC1=NC1CCCCC1. The first-order valence-electron chi connectivity index (χ1n) is 13.3. The van der Waals surface area contributed by atoms with Gasteiger partial charge in [0, 0.05) is 23.6 Å². The average Bonchev–Trinajstić information content (AvgIpc) is 3.21. The van der Waals surface area contributed by atoms with Crippen molar-refractivity contribution in [1.29, 1.82) is 0 Å². The van der Waals surface area contributed by atoms with Crippen LogP contribution in [0.15, 0.2) is 83.5 Å². The van der Waals surface area contributed by atoms with Crippen molar-refractivity contribution in [2.75, 3.05) is 11.4 Å². The zero-order chi connectivity index (χ0) is 25.8. The Morgan fingerprint density at radius 2 is 1.35 bits per heavy atom. The fraction of sp³-hybridized carbons (Fsp3) is 0.312. The molecule has 5 heteroatoms. The molecule has 37 heavy (non-hydrogen) atoms. The monoisotopic (exact) mass is 493 g/mol. The molecule has 0 aromatic heterocycles. The number of benzene rings is 3.